The van der Waals surface area contributed by atoms with Gasteiger partial charge in [0.1, 0.15) is 17.0 Å². The lowest BCUT2D eigenvalue weighted by molar-refractivity contribution is -0.120. The van der Waals surface area contributed by atoms with E-state index in [1.165, 1.54) is 0 Å². The number of carbonyl (C=O) groups excluding carboxylic acids is 2. The third-order valence-electron chi connectivity index (χ3n) is 3.07. The lowest BCUT2D eigenvalue weighted by Gasteiger charge is -2.06. The highest BCUT2D eigenvalue weighted by Gasteiger charge is 2.25. The Kier molecular flexibility index (Phi) is 7.23. The van der Waals surface area contributed by atoms with Crippen LogP contribution >= 0.6 is 23.2 Å². The van der Waals surface area contributed by atoms with Crippen LogP contribution in [0.25, 0.3) is 0 Å². The molecule has 1 heterocycles. The summed E-state index contributed by atoms with van der Waals surface area (Å²) < 4.78 is 10.5. The predicted molar refractivity (Wildman–Crippen MR) is 100 cm³/mol. The molecular formula is C17H14Cl2N4O4. The average Bonchev–Trinajstić information content (AvgIpc) is 2.93. The van der Waals surface area contributed by atoms with Gasteiger partial charge in [0.25, 0.3) is 5.91 Å². The highest BCUT2D eigenvalue weighted by atomic mass is 35.5. The molecule has 0 aliphatic heterocycles. The molecule has 0 aliphatic rings. The summed E-state index contributed by atoms with van der Waals surface area (Å²) in [7, 11) is 0. The second-order valence-electron chi connectivity index (χ2n) is 4.96. The summed E-state index contributed by atoms with van der Waals surface area (Å²) in [6.45, 7) is 1.81. The summed E-state index contributed by atoms with van der Waals surface area (Å²) in [5, 5.41) is 15.5. The van der Waals surface area contributed by atoms with Crippen molar-refractivity contribution in [3.63, 3.8) is 0 Å². The van der Waals surface area contributed by atoms with Crippen LogP contribution in [-0.2, 0) is 9.53 Å². The first-order chi connectivity index (χ1) is 13.0. The Morgan fingerprint density at radius 3 is 2.67 bits per heavy atom. The lowest BCUT2D eigenvalue weighted by atomic mass is 10.2. The van der Waals surface area contributed by atoms with Gasteiger partial charge in [-0.05, 0) is 31.2 Å². The number of hydrogen-bond donors (Lipinski definition) is 2. The van der Waals surface area contributed by atoms with Crippen LogP contribution < -0.4 is 10.7 Å². The third-order valence-corrected chi connectivity index (χ3v) is 3.69. The number of anilines is 2. The van der Waals surface area contributed by atoms with Crippen molar-refractivity contribution in [2.45, 2.75) is 13.3 Å². The predicted octanol–water partition coefficient (Wildman–Crippen LogP) is 3.87. The van der Waals surface area contributed by atoms with Gasteiger partial charge < -0.3 is 14.5 Å². The molecule has 0 bridgehead atoms. The first-order valence-corrected chi connectivity index (χ1v) is 8.42. The van der Waals surface area contributed by atoms with Gasteiger partial charge in [-0.15, -0.1) is 0 Å². The van der Waals surface area contributed by atoms with E-state index in [4.69, 9.17) is 37.6 Å². The molecular weight excluding hydrogens is 395 g/mol. The quantitative estimate of drug-likeness (QED) is 0.407. The van der Waals surface area contributed by atoms with Crippen molar-refractivity contribution < 1.29 is 18.7 Å². The Bertz CT molecular complexity index is 901. The molecule has 1 aromatic carbocycles. The fourth-order valence-electron chi connectivity index (χ4n) is 1.92. The molecule has 10 heteroatoms. The molecule has 2 N–H and O–H groups in total. The number of hydrogen-bond acceptors (Lipinski definition) is 7. The van der Waals surface area contributed by atoms with Crippen molar-refractivity contribution >= 4 is 52.9 Å². The molecule has 27 heavy (non-hydrogen) atoms. The van der Waals surface area contributed by atoms with E-state index < -0.39 is 11.9 Å². The largest absolute Gasteiger partial charge is 0.462 e. The highest BCUT2D eigenvalue weighted by molar-refractivity contribution is 6.36. The minimum absolute atomic E-state index is 0.0155. The Hall–Kier alpha value is -3.02. The zero-order valence-corrected chi connectivity index (χ0v) is 15.6. The number of amides is 1. The van der Waals surface area contributed by atoms with Crippen molar-refractivity contribution in [1.29, 1.82) is 5.26 Å². The molecule has 0 aliphatic carbocycles. The normalized spacial score (nSPS) is 10.4. The monoisotopic (exact) mass is 408 g/mol. The van der Waals surface area contributed by atoms with E-state index in [-0.39, 0.29) is 35.3 Å². The van der Waals surface area contributed by atoms with Gasteiger partial charge in [0, 0.05) is 10.7 Å². The number of nitrogens with zero attached hydrogens (tertiary/aromatic N) is 2. The van der Waals surface area contributed by atoms with Crippen molar-refractivity contribution in [2.24, 2.45) is 5.10 Å². The molecule has 0 saturated heterocycles. The summed E-state index contributed by atoms with van der Waals surface area (Å²) in [5.41, 5.74) is 2.72. The summed E-state index contributed by atoms with van der Waals surface area (Å²) >= 11 is 12.1. The number of furan rings is 1. The van der Waals surface area contributed by atoms with Gasteiger partial charge in [-0.25, -0.2) is 10.2 Å². The Balaban J connectivity index is 2.32. The molecule has 0 atom stereocenters. The van der Waals surface area contributed by atoms with Crippen molar-refractivity contribution in [3.8, 4) is 6.07 Å². The smallest absolute Gasteiger partial charge is 0.345 e. The number of benzene rings is 1. The van der Waals surface area contributed by atoms with E-state index in [0.717, 1.165) is 6.21 Å². The van der Waals surface area contributed by atoms with Gasteiger partial charge in [-0.1, -0.05) is 23.2 Å². The van der Waals surface area contributed by atoms with E-state index in [1.54, 1.807) is 37.3 Å². The number of carbonyl (C=O) groups is 2. The molecule has 8 nitrogen and oxygen atoms in total. The van der Waals surface area contributed by atoms with Gasteiger partial charge in [-0.2, -0.15) is 10.4 Å². The molecule has 2 rings (SSSR count). The molecule has 0 spiro atoms. The maximum absolute atomic E-state index is 12.2. The van der Waals surface area contributed by atoms with Crippen LogP contribution in [0, 0.1) is 11.3 Å². The fourth-order valence-corrected chi connectivity index (χ4v) is 2.30. The SMILES string of the molecule is CCOC(=O)c1c(Nc2ccc(Cl)cc2)oc(/C=N\NC(=O)CC#N)c1Cl. The van der Waals surface area contributed by atoms with Crippen molar-refractivity contribution in [2.75, 3.05) is 11.9 Å². The van der Waals surface area contributed by atoms with E-state index in [2.05, 4.69) is 15.8 Å². The lowest BCUT2D eigenvalue weighted by Crippen LogP contribution is -2.16. The first-order valence-electron chi connectivity index (χ1n) is 7.67. The van der Waals surface area contributed by atoms with Gasteiger partial charge in [-0.3, -0.25) is 4.79 Å². The second kappa shape index (κ2) is 9.62. The van der Waals surface area contributed by atoms with Gasteiger partial charge in [0.05, 0.1) is 18.9 Å². The summed E-state index contributed by atoms with van der Waals surface area (Å²) in [5.74, 6) is -1.21. The number of nitrogens with one attached hydrogen (secondary N) is 2. The first kappa shape index (κ1) is 20.3. The van der Waals surface area contributed by atoms with Crippen LogP contribution in [0.1, 0.15) is 29.5 Å². The number of ether oxygens (including phenoxy) is 1. The van der Waals surface area contributed by atoms with E-state index in [9.17, 15) is 9.59 Å². The van der Waals surface area contributed by atoms with Crippen molar-refractivity contribution in [3.05, 3.63) is 45.6 Å². The molecule has 140 valence electrons. The van der Waals surface area contributed by atoms with Crippen LogP contribution in [0.4, 0.5) is 11.6 Å². The van der Waals surface area contributed by atoms with Crippen LogP contribution in [-0.4, -0.2) is 24.7 Å². The minimum Gasteiger partial charge on any atom is -0.462 e. The number of hydrazone groups is 1. The molecule has 0 saturated carbocycles. The molecule has 1 aromatic heterocycles. The maximum Gasteiger partial charge on any atom is 0.345 e. The van der Waals surface area contributed by atoms with Gasteiger partial charge >= 0.3 is 5.97 Å². The summed E-state index contributed by atoms with van der Waals surface area (Å²) in [4.78, 5) is 23.5. The summed E-state index contributed by atoms with van der Waals surface area (Å²) in [6.07, 6.45) is 0.772. The van der Waals surface area contributed by atoms with Crippen molar-refractivity contribution in [1.82, 2.24) is 5.43 Å². The zero-order valence-electron chi connectivity index (χ0n) is 14.1. The number of esters is 1. The van der Waals surface area contributed by atoms with Gasteiger partial charge in [0.2, 0.25) is 5.88 Å². The number of halogens is 2. The molecule has 1 amide bonds. The van der Waals surface area contributed by atoms with Crippen LogP contribution in [0.3, 0.4) is 0 Å². The van der Waals surface area contributed by atoms with E-state index >= 15 is 0 Å². The third kappa shape index (κ3) is 5.48. The topological polar surface area (TPSA) is 117 Å². The molecule has 2 aromatic rings. The molecule has 0 fully saturated rings. The Morgan fingerprint density at radius 2 is 2.04 bits per heavy atom. The Morgan fingerprint density at radius 1 is 1.33 bits per heavy atom. The highest BCUT2D eigenvalue weighted by Crippen LogP contribution is 2.33. The average molecular weight is 409 g/mol. The molecule has 0 radical (unpaired) electrons. The van der Waals surface area contributed by atoms with Crippen LogP contribution in [0.5, 0.6) is 0 Å². The standard InChI is InChI=1S/C17H14Cl2N4O4/c1-2-26-17(25)14-15(19)12(9-21-23-13(24)7-8-20)27-16(14)22-11-5-3-10(18)4-6-11/h3-6,9,22H,2,7H2,1H3,(H,23,24)/b21-9-. The number of rotatable bonds is 7. The summed E-state index contributed by atoms with van der Waals surface area (Å²) in [6, 6.07) is 8.37. The van der Waals surface area contributed by atoms with Gasteiger partial charge in [0.15, 0.2) is 5.76 Å². The zero-order chi connectivity index (χ0) is 19.8. The second-order valence-corrected chi connectivity index (χ2v) is 5.78. The minimum atomic E-state index is -0.684. The van der Waals surface area contributed by atoms with E-state index in [1.807, 2.05) is 0 Å². The van der Waals surface area contributed by atoms with Crippen LogP contribution in [0.15, 0.2) is 33.8 Å². The maximum atomic E-state index is 12.2. The fraction of sp³-hybridized carbons (Fsp3) is 0.176. The number of nitriles is 1. The van der Waals surface area contributed by atoms with Crippen LogP contribution in [0.2, 0.25) is 10.0 Å². The molecule has 0 unspecified atom stereocenters. The van der Waals surface area contributed by atoms with E-state index in [0.29, 0.717) is 10.7 Å². The Labute approximate surface area is 164 Å².